The highest BCUT2D eigenvalue weighted by atomic mass is 16.5. The Morgan fingerprint density at radius 2 is 1.87 bits per heavy atom. The Morgan fingerprint density at radius 3 is 2.60 bits per heavy atom. The summed E-state index contributed by atoms with van der Waals surface area (Å²) >= 11 is 0. The summed E-state index contributed by atoms with van der Waals surface area (Å²) in [5.41, 5.74) is 18.4. The number of carbonyl (C=O) groups excluding carboxylic acids is 1. The second-order valence-corrected chi connectivity index (χ2v) is 10.8. The van der Waals surface area contributed by atoms with Gasteiger partial charge in [-0.3, -0.25) is 4.79 Å². The molecule has 1 aliphatic heterocycles. The van der Waals surface area contributed by atoms with Gasteiger partial charge in [-0.05, 0) is 46.4 Å². The molecule has 0 bridgehead atoms. The van der Waals surface area contributed by atoms with Crippen LogP contribution in [0.25, 0.3) is 0 Å². The number of nitrogen functional groups attached to an aromatic ring is 2. The number of allylic oxidation sites excluding steroid dienone is 1. The molecule has 45 heavy (non-hydrogen) atoms. The number of rotatable bonds is 10. The first-order valence-electron chi connectivity index (χ1n) is 14.5. The molecular formula is C34H34N8O3. The molecule has 5 aromatic rings. The molecule has 11 heteroatoms. The van der Waals surface area contributed by atoms with Crippen LogP contribution < -0.4 is 20.9 Å². The summed E-state index contributed by atoms with van der Waals surface area (Å²) in [7, 11) is 3.06. The topological polar surface area (TPSA) is 147 Å². The molecule has 2 aromatic heterocycles. The van der Waals surface area contributed by atoms with Crippen molar-refractivity contribution in [3.63, 3.8) is 0 Å². The maximum Gasteiger partial charge on any atom is 0.221 e. The predicted octanol–water partition coefficient (Wildman–Crippen LogP) is 4.23. The standard InChI is InChI=1S/C34H34N8O3/c1-44-30-17-23(15-26-18-38-34(36)40-33(26)35)16-28(32(30)45-2)29(43)12-14-41-13-11-24-5-3-4-6-27(24)31(41)25-9-7-22(8-10-25)19-42-21-37-20-39-42/h3-10,12,14,16-18,20-21,31H,11,13,15,19H2,1-2H3,(H4,35,36,38,40)/b14-12+. The van der Waals surface area contributed by atoms with E-state index in [0.717, 1.165) is 29.7 Å². The molecule has 0 fully saturated rings. The minimum Gasteiger partial charge on any atom is -0.493 e. The third-order valence-corrected chi connectivity index (χ3v) is 7.96. The van der Waals surface area contributed by atoms with Crippen molar-refractivity contribution >= 4 is 17.5 Å². The molecule has 1 atom stereocenters. The molecule has 0 saturated heterocycles. The van der Waals surface area contributed by atoms with Gasteiger partial charge in [-0.25, -0.2) is 14.6 Å². The van der Waals surface area contributed by atoms with Crippen molar-refractivity contribution in [1.29, 1.82) is 0 Å². The minimum atomic E-state index is -0.214. The number of carbonyl (C=O) groups is 1. The molecule has 0 aliphatic carbocycles. The predicted molar refractivity (Wildman–Crippen MR) is 171 cm³/mol. The van der Waals surface area contributed by atoms with E-state index in [2.05, 4.69) is 73.5 Å². The van der Waals surface area contributed by atoms with Gasteiger partial charge in [-0.1, -0.05) is 48.5 Å². The number of ether oxygens (including phenoxy) is 2. The SMILES string of the molecule is COc1cc(Cc2cnc(N)nc2N)cc(C(=O)/C=C/N2CCc3ccccc3C2c2ccc(Cn3cncn3)cc2)c1OC. The third kappa shape index (κ3) is 6.32. The summed E-state index contributed by atoms with van der Waals surface area (Å²) in [6.07, 6.45) is 9.56. The molecule has 0 radical (unpaired) electrons. The molecule has 6 rings (SSSR count). The van der Waals surface area contributed by atoms with E-state index in [0.29, 0.717) is 35.6 Å². The largest absolute Gasteiger partial charge is 0.493 e. The summed E-state index contributed by atoms with van der Waals surface area (Å²) < 4.78 is 13.0. The number of aromatic nitrogens is 5. The van der Waals surface area contributed by atoms with Gasteiger partial charge in [-0.2, -0.15) is 10.1 Å². The van der Waals surface area contributed by atoms with Crippen LogP contribution in [0.5, 0.6) is 11.5 Å². The third-order valence-electron chi connectivity index (χ3n) is 7.96. The average molecular weight is 603 g/mol. The Bertz CT molecular complexity index is 1840. The fourth-order valence-corrected chi connectivity index (χ4v) is 5.77. The summed E-state index contributed by atoms with van der Waals surface area (Å²) in [6, 6.07) is 20.5. The monoisotopic (exact) mass is 602 g/mol. The van der Waals surface area contributed by atoms with Gasteiger partial charge in [0.1, 0.15) is 18.5 Å². The van der Waals surface area contributed by atoms with Gasteiger partial charge in [0.05, 0.1) is 32.4 Å². The van der Waals surface area contributed by atoms with Crippen LogP contribution in [0.2, 0.25) is 0 Å². The van der Waals surface area contributed by atoms with Gasteiger partial charge in [0.15, 0.2) is 17.3 Å². The number of nitrogens with two attached hydrogens (primary N) is 2. The molecule has 4 N–H and O–H groups in total. The number of hydrogen-bond donors (Lipinski definition) is 2. The zero-order valence-corrected chi connectivity index (χ0v) is 25.1. The fraction of sp³-hybridized carbons (Fsp3) is 0.206. The Hall–Kier alpha value is -5.71. The van der Waals surface area contributed by atoms with Crippen LogP contribution in [-0.4, -0.2) is 56.2 Å². The molecule has 228 valence electrons. The van der Waals surface area contributed by atoms with Crippen LogP contribution in [0.1, 0.15) is 49.8 Å². The number of methoxy groups -OCH3 is 2. The van der Waals surface area contributed by atoms with Gasteiger partial charge < -0.3 is 25.8 Å². The molecule has 0 amide bonds. The van der Waals surface area contributed by atoms with Crippen LogP contribution in [-0.2, 0) is 19.4 Å². The Kier molecular flexibility index (Phi) is 8.41. The Morgan fingerprint density at radius 1 is 1.04 bits per heavy atom. The highest BCUT2D eigenvalue weighted by Crippen LogP contribution is 2.37. The van der Waals surface area contributed by atoms with Crippen LogP contribution in [0.15, 0.2) is 91.8 Å². The first kappa shape index (κ1) is 29.4. The van der Waals surface area contributed by atoms with Gasteiger partial charge in [0.2, 0.25) is 5.95 Å². The van der Waals surface area contributed by atoms with Crippen molar-refractivity contribution < 1.29 is 14.3 Å². The lowest BCUT2D eigenvalue weighted by atomic mass is 9.88. The average Bonchev–Trinajstić information content (AvgIpc) is 3.57. The molecule has 3 aromatic carbocycles. The van der Waals surface area contributed by atoms with Crippen LogP contribution in [0.4, 0.5) is 11.8 Å². The second-order valence-electron chi connectivity index (χ2n) is 10.8. The zero-order chi connectivity index (χ0) is 31.3. The smallest absolute Gasteiger partial charge is 0.221 e. The summed E-state index contributed by atoms with van der Waals surface area (Å²) in [4.78, 5) is 28.2. The molecule has 11 nitrogen and oxygen atoms in total. The first-order chi connectivity index (χ1) is 21.9. The molecule has 1 aliphatic rings. The lowest BCUT2D eigenvalue weighted by Crippen LogP contribution is -2.32. The summed E-state index contributed by atoms with van der Waals surface area (Å²) in [5, 5.41) is 4.21. The van der Waals surface area contributed by atoms with Crippen molar-refractivity contribution in [3.8, 4) is 11.5 Å². The van der Waals surface area contributed by atoms with Crippen LogP contribution in [0.3, 0.4) is 0 Å². The number of anilines is 2. The van der Waals surface area contributed by atoms with Crippen molar-refractivity contribution in [2.45, 2.75) is 25.4 Å². The van der Waals surface area contributed by atoms with Crippen molar-refractivity contribution in [2.24, 2.45) is 0 Å². The van der Waals surface area contributed by atoms with Crippen molar-refractivity contribution in [1.82, 2.24) is 29.6 Å². The highest BCUT2D eigenvalue weighted by molar-refractivity contribution is 6.07. The maximum absolute atomic E-state index is 13.8. The van der Waals surface area contributed by atoms with Gasteiger partial charge in [-0.15, -0.1) is 0 Å². The van der Waals surface area contributed by atoms with Gasteiger partial charge >= 0.3 is 0 Å². The van der Waals surface area contributed by atoms with Gasteiger partial charge in [0.25, 0.3) is 0 Å². The highest BCUT2D eigenvalue weighted by Gasteiger charge is 2.27. The van der Waals surface area contributed by atoms with E-state index in [9.17, 15) is 4.79 Å². The number of nitrogens with zero attached hydrogens (tertiary/aromatic N) is 6. The number of fused-ring (bicyclic) bond motifs is 1. The van der Waals surface area contributed by atoms with Gasteiger partial charge in [0, 0.05) is 37.0 Å². The first-order valence-corrected chi connectivity index (χ1v) is 14.5. The number of benzene rings is 3. The normalized spacial score (nSPS) is 14.4. The lowest BCUT2D eigenvalue weighted by molar-refractivity contribution is 0.104. The van der Waals surface area contributed by atoms with E-state index in [1.807, 2.05) is 12.3 Å². The molecule has 0 spiro atoms. The van der Waals surface area contributed by atoms with E-state index in [1.54, 1.807) is 36.5 Å². The zero-order valence-electron chi connectivity index (χ0n) is 25.1. The van der Waals surface area contributed by atoms with E-state index in [1.165, 1.54) is 24.6 Å². The maximum atomic E-state index is 13.8. The van der Waals surface area contributed by atoms with E-state index in [4.69, 9.17) is 20.9 Å². The van der Waals surface area contributed by atoms with E-state index in [-0.39, 0.29) is 23.6 Å². The summed E-state index contributed by atoms with van der Waals surface area (Å²) in [5.74, 6) is 0.978. The lowest BCUT2D eigenvalue weighted by Gasteiger charge is -2.37. The van der Waals surface area contributed by atoms with E-state index >= 15 is 0 Å². The molecular weight excluding hydrogens is 568 g/mol. The summed E-state index contributed by atoms with van der Waals surface area (Å²) in [6.45, 7) is 1.39. The van der Waals surface area contributed by atoms with Crippen molar-refractivity contribution in [3.05, 3.63) is 131 Å². The Labute approximate surface area is 261 Å². The van der Waals surface area contributed by atoms with Crippen LogP contribution >= 0.6 is 0 Å². The molecule has 1 unspecified atom stereocenters. The number of ketones is 1. The van der Waals surface area contributed by atoms with Crippen molar-refractivity contribution in [2.75, 3.05) is 32.2 Å². The second kappa shape index (κ2) is 12.9. The minimum absolute atomic E-state index is 0.0596. The molecule has 3 heterocycles. The quantitative estimate of drug-likeness (QED) is 0.176. The van der Waals surface area contributed by atoms with Crippen LogP contribution in [0, 0.1) is 0 Å². The Balaban J connectivity index is 1.30. The number of hydrogen-bond acceptors (Lipinski definition) is 10. The fourth-order valence-electron chi connectivity index (χ4n) is 5.77. The van der Waals surface area contributed by atoms with E-state index < -0.39 is 0 Å². The molecule has 0 saturated carbocycles.